The first-order valence-electron chi connectivity index (χ1n) is 8.28. The van der Waals surface area contributed by atoms with Crippen molar-refractivity contribution in [2.75, 3.05) is 19.7 Å². The summed E-state index contributed by atoms with van der Waals surface area (Å²) in [5.41, 5.74) is 0.354. The van der Waals surface area contributed by atoms with Crippen molar-refractivity contribution in [3.05, 3.63) is 34.3 Å². The van der Waals surface area contributed by atoms with Gasteiger partial charge in [0.15, 0.2) is 0 Å². The smallest absolute Gasteiger partial charge is 0.387 e. The lowest BCUT2D eigenvalue weighted by molar-refractivity contribution is -0.150. The number of halogens is 3. The fraction of sp³-hybridized carbons (Fsp3) is 0.444. The second-order valence-electron chi connectivity index (χ2n) is 5.77. The minimum atomic E-state index is -2.95. The Kier molecular flexibility index (Phi) is 7.56. The number of esters is 1. The normalized spacial score (nSPS) is 17.6. The van der Waals surface area contributed by atoms with E-state index in [1.54, 1.807) is 24.0 Å². The zero-order valence-electron chi connectivity index (χ0n) is 14.3. The van der Waals surface area contributed by atoms with Gasteiger partial charge in [-0.15, -0.1) is 0 Å². The maximum atomic E-state index is 12.5. The second-order valence-corrected chi connectivity index (χ2v) is 6.69. The van der Waals surface area contributed by atoms with Crippen LogP contribution < -0.4 is 4.74 Å². The molecule has 0 aromatic heterocycles. The SMILES string of the molecule is CCOC(=O)C1CCCN(C(=O)/C=C/c2cc(Br)ccc2OC(F)F)C1. The molecule has 1 heterocycles. The van der Waals surface area contributed by atoms with E-state index in [0.29, 0.717) is 42.6 Å². The van der Waals surface area contributed by atoms with E-state index >= 15 is 0 Å². The molecule has 5 nitrogen and oxygen atoms in total. The number of likely N-dealkylation sites (tertiary alicyclic amines) is 1. The Hall–Kier alpha value is -1.96. The van der Waals surface area contributed by atoms with Gasteiger partial charge in [0.2, 0.25) is 5.91 Å². The number of rotatable bonds is 6. The second kappa shape index (κ2) is 9.66. The molecule has 1 atom stereocenters. The van der Waals surface area contributed by atoms with Crippen LogP contribution in [-0.2, 0) is 14.3 Å². The number of benzene rings is 1. The van der Waals surface area contributed by atoms with Gasteiger partial charge in [0.1, 0.15) is 5.75 Å². The van der Waals surface area contributed by atoms with E-state index < -0.39 is 6.61 Å². The fourth-order valence-corrected chi connectivity index (χ4v) is 3.13. The Labute approximate surface area is 159 Å². The van der Waals surface area contributed by atoms with Crippen LogP contribution in [0.5, 0.6) is 5.75 Å². The van der Waals surface area contributed by atoms with E-state index in [4.69, 9.17) is 4.74 Å². The zero-order chi connectivity index (χ0) is 19.1. The highest BCUT2D eigenvalue weighted by molar-refractivity contribution is 9.10. The first-order valence-corrected chi connectivity index (χ1v) is 9.08. The Morgan fingerprint density at radius 1 is 1.42 bits per heavy atom. The molecule has 1 aliphatic heterocycles. The summed E-state index contributed by atoms with van der Waals surface area (Å²) in [6.07, 6.45) is 4.12. The summed E-state index contributed by atoms with van der Waals surface area (Å²) in [5, 5.41) is 0. The number of carbonyl (C=O) groups is 2. The highest BCUT2D eigenvalue weighted by Crippen LogP contribution is 2.26. The summed E-state index contributed by atoms with van der Waals surface area (Å²) >= 11 is 3.26. The summed E-state index contributed by atoms with van der Waals surface area (Å²) in [7, 11) is 0. The maximum absolute atomic E-state index is 12.5. The molecule has 1 amide bonds. The Morgan fingerprint density at radius 3 is 2.88 bits per heavy atom. The number of piperidine rings is 1. The van der Waals surface area contributed by atoms with Crippen molar-refractivity contribution in [1.29, 1.82) is 0 Å². The quantitative estimate of drug-likeness (QED) is 0.506. The van der Waals surface area contributed by atoms with Gasteiger partial charge in [-0.1, -0.05) is 15.9 Å². The first kappa shape index (κ1) is 20.4. The van der Waals surface area contributed by atoms with Crippen LogP contribution >= 0.6 is 15.9 Å². The van der Waals surface area contributed by atoms with Gasteiger partial charge < -0.3 is 14.4 Å². The first-order chi connectivity index (χ1) is 12.4. The molecule has 0 saturated carbocycles. The van der Waals surface area contributed by atoms with Crippen LogP contribution in [-0.4, -0.2) is 43.1 Å². The van der Waals surface area contributed by atoms with Gasteiger partial charge in [-0.2, -0.15) is 8.78 Å². The zero-order valence-corrected chi connectivity index (χ0v) is 15.9. The number of carbonyl (C=O) groups excluding carboxylic acids is 2. The van der Waals surface area contributed by atoms with Crippen LogP contribution in [0.4, 0.5) is 8.78 Å². The fourth-order valence-electron chi connectivity index (χ4n) is 2.75. The van der Waals surface area contributed by atoms with Crippen LogP contribution in [0.2, 0.25) is 0 Å². The predicted octanol–water partition coefficient (Wildman–Crippen LogP) is 3.87. The van der Waals surface area contributed by atoms with Gasteiger partial charge in [-0.3, -0.25) is 9.59 Å². The largest absolute Gasteiger partial charge is 0.466 e. The molecule has 1 saturated heterocycles. The van der Waals surface area contributed by atoms with Gasteiger partial charge in [-0.05, 0) is 44.0 Å². The molecule has 0 spiro atoms. The Bertz CT molecular complexity index is 681. The lowest BCUT2D eigenvalue weighted by atomic mass is 9.98. The van der Waals surface area contributed by atoms with E-state index in [1.165, 1.54) is 18.2 Å². The van der Waals surface area contributed by atoms with Crippen molar-refractivity contribution in [2.24, 2.45) is 5.92 Å². The van der Waals surface area contributed by atoms with E-state index in [-0.39, 0.29) is 23.5 Å². The Balaban J connectivity index is 2.07. The molecule has 1 unspecified atom stereocenters. The number of hydrogen-bond acceptors (Lipinski definition) is 4. The molecule has 1 fully saturated rings. The number of hydrogen-bond donors (Lipinski definition) is 0. The molecule has 0 aliphatic carbocycles. The molecule has 1 aliphatic rings. The van der Waals surface area contributed by atoms with Crippen LogP contribution in [0.1, 0.15) is 25.3 Å². The highest BCUT2D eigenvalue weighted by Gasteiger charge is 2.28. The number of amides is 1. The van der Waals surface area contributed by atoms with Gasteiger partial charge in [0, 0.05) is 29.2 Å². The minimum Gasteiger partial charge on any atom is -0.466 e. The summed E-state index contributed by atoms with van der Waals surface area (Å²) < 4.78 is 35.1. The third kappa shape index (κ3) is 5.79. The molecular weight excluding hydrogens is 412 g/mol. The van der Waals surface area contributed by atoms with E-state index in [1.807, 2.05) is 0 Å². The molecule has 0 radical (unpaired) electrons. The van der Waals surface area contributed by atoms with E-state index in [0.717, 1.165) is 0 Å². The van der Waals surface area contributed by atoms with Crippen molar-refractivity contribution >= 4 is 33.9 Å². The molecule has 26 heavy (non-hydrogen) atoms. The van der Waals surface area contributed by atoms with Crippen LogP contribution in [0.15, 0.2) is 28.7 Å². The van der Waals surface area contributed by atoms with Gasteiger partial charge in [0.25, 0.3) is 0 Å². The molecule has 1 aromatic carbocycles. The number of alkyl halides is 2. The van der Waals surface area contributed by atoms with E-state index in [2.05, 4.69) is 20.7 Å². The summed E-state index contributed by atoms with van der Waals surface area (Å²) in [6, 6.07) is 4.56. The average Bonchev–Trinajstić information content (AvgIpc) is 2.61. The summed E-state index contributed by atoms with van der Waals surface area (Å²) in [4.78, 5) is 25.8. The summed E-state index contributed by atoms with van der Waals surface area (Å²) in [6.45, 7) is -0.0761. The van der Waals surface area contributed by atoms with Crippen LogP contribution in [0.3, 0.4) is 0 Å². The molecular formula is C18H20BrF2NO4. The van der Waals surface area contributed by atoms with Gasteiger partial charge in [0.05, 0.1) is 12.5 Å². The molecule has 2 rings (SSSR count). The third-order valence-electron chi connectivity index (χ3n) is 3.95. The number of ether oxygens (including phenoxy) is 2. The summed E-state index contributed by atoms with van der Waals surface area (Å²) in [5.74, 6) is -0.935. The third-order valence-corrected chi connectivity index (χ3v) is 4.44. The topological polar surface area (TPSA) is 55.8 Å². The molecule has 8 heteroatoms. The van der Waals surface area contributed by atoms with Crippen molar-refractivity contribution in [2.45, 2.75) is 26.4 Å². The van der Waals surface area contributed by atoms with Gasteiger partial charge >= 0.3 is 12.6 Å². The predicted molar refractivity (Wildman–Crippen MR) is 95.7 cm³/mol. The molecule has 142 valence electrons. The van der Waals surface area contributed by atoms with Crippen LogP contribution in [0, 0.1) is 5.92 Å². The Morgan fingerprint density at radius 2 is 2.19 bits per heavy atom. The molecule has 1 aromatic rings. The maximum Gasteiger partial charge on any atom is 0.387 e. The van der Waals surface area contributed by atoms with Crippen LogP contribution in [0.25, 0.3) is 6.08 Å². The monoisotopic (exact) mass is 431 g/mol. The van der Waals surface area contributed by atoms with Crippen molar-refractivity contribution in [3.8, 4) is 5.75 Å². The van der Waals surface area contributed by atoms with Gasteiger partial charge in [-0.25, -0.2) is 0 Å². The molecule has 0 bridgehead atoms. The number of nitrogens with zero attached hydrogens (tertiary/aromatic N) is 1. The van der Waals surface area contributed by atoms with Crippen molar-refractivity contribution in [3.63, 3.8) is 0 Å². The van der Waals surface area contributed by atoms with Crippen molar-refractivity contribution < 1.29 is 27.8 Å². The molecule has 0 N–H and O–H groups in total. The standard InChI is InChI=1S/C18H20BrF2NO4/c1-2-25-17(24)13-4-3-9-22(11-13)16(23)8-5-12-10-14(19)6-7-15(12)26-18(20)21/h5-8,10,13,18H,2-4,9,11H2,1H3/b8-5+. The highest BCUT2D eigenvalue weighted by atomic mass is 79.9. The average molecular weight is 432 g/mol. The lowest BCUT2D eigenvalue weighted by Crippen LogP contribution is -2.42. The minimum absolute atomic E-state index is 0.0182. The van der Waals surface area contributed by atoms with E-state index in [9.17, 15) is 18.4 Å². The van der Waals surface area contributed by atoms with Crippen molar-refractivity contribution in [1.82, 2.24) is 4.90 Å². The lowest BCUT2D eigenvalue weighted by Gasteiger charge is -2.30.